The molecule has 6 nitrogen and oxygen atoms in total. The minimum absolute atomic E-state index is 0.0717. The topological polar surface area (TPSA) is 92.5 Å². The summed E-state index contributed by atoms with van der Waals surface area (Å²) >= 11 is 0. The number of benzene rings is 1. The van der Waals surface area contributed by atoms with E-state index in [1.54, 1.807) is 6.07 Å². The van der Waals surface area contributed by atoms with Gasteiger partial charge in [-0.15, -0.1) is 0 Å². The molecule has 0 saturated heterocycles. The number of nitrogens with one attached hydrogen (secondary N) is 1. The van der Waals surface area contributed by atoms with Crippen LogP contribution in [0.5, 0.6) is 0 Å². The molecule has 0 aliphatic carbocycles. The van der Waals surface area contributed by atoms with Crippen LogP contribution in [0.3, 0.4) is 0 Å². The first-order valence-electron chi connectivity index (χ1n) is 4.24. The van der Waals surface area contributed by atoms with E-state index in [-0.39, 0.29) is 5.69 Å². The van der Waals surface area contributed by atoms with Crippen LogP contribution in [0.25, 0.3) is 0 Å². The van der Waals surface area contributed by atoms with Gasteiger partial charge in [0.15, 0.2) is 0 Å². The number of rotatable bonds is 4. The lowest BCUT2D eigenvalue weighted by Gasteiger charge is -2.09. The first-order chi connectivity index (χ1) is 7.00. The molecule has 1 unspecified atom stereocenters. The van der Waals surface area contributed by atoms with E-state index in [1.807, 2.05) is 0 Å². The predicted octanol–water partition coefficient (Wildman–Crippen LogP) is 1.48. The SMILES string of the molecule is CC(Nc1cccc([N+](=O)[O-])c1)C(=O)O. The Balaban J connectivity index is 2.82. The first kappa shape index (κ1) is 11.0. The second kappa shape index (κ2) is 4.41. The average Bonchev–Trinajstić information content (AvgIpc) is 2.18. The van der Waals surface area contributed by atoms with Gasteiger partial charge in [-0.2, -0.15) is 0 Å². The number of anilines is 1. The van der Waals surface area contributed by atoms with Crippen LogP contribution in [0.1, 0.15) is 6.92 Å². The van der Waals surface area contributed by atoms with Crippen LogP contribution in [0.2, 0.25) is 0 Å². The van der Waals surface area contributed by atoms with Gasteiger partial charge in [-0.1, -0.05) is 6.07 Å². The Labute approximate surface area is 85.7 Å². The van der Waals surface area contributed by atoms with Crippen LogP contribution in [-0.2, 0) is 4.79 Å². The van der Waals surface area contributed by atoms with Gasteiger partial charge < -0.3 is 10.4 Å². The van der Waals surface area contributed by atoms with Crippen LogP contribution in [0, 0.1) is 10.1 Å². The second-order valence-corrected chi connectivity index (χ2v) is 3.01. The van der Waals surface area contributed by atoms with Crippen molar-refractivity contribution >= 4 is 17.3 Å². The van der Waals surface area contributed by atoms with Gasteiger partial charge in [-0.25, -0.2) is 0 Å². The molecule has 1 atom stereocenters. The zero-order valence-corrected chi connectivity index (χ0v) is 8.01. The van der Waals surface area contributed by atoms with E-state index in [9.17, 15) is 14.9 Å². The Kier molecular flexibility index (Phi) is 3.22. The Bertz CT molecular complexity index is 391. The molecule has 0 aliphatic rings. The van der Waals surface area contributed by atoms with E-state index in [4.69, 9.17) is 5.11 Å². The summed E-state index contributed by atoms with van der Waals surface area (Å²) in [5, 5.41) is 21.7. The number of carboxylic acid groups (broad SMARTS) is 1. The molecule has 0 aromatic heterocycles. The van der Waals surface area contributed by atoms with Gasteiger partial charge in [0, 0.05) is 17.8 Å². The van der Waals surface area contributed by atoms with Crippen molar-refractivity contribution < 1.29 is 14.8 Å². The third-order valence-corrected chi connectivity index (χ3v) is 1.81. The van der Waals surface area contributed by atoms with Crippen LogP contribution in [0.15, 0.2) is 24.3 Å². The number of hydrogen-bond acceptors (Lipinski definition) is 4. The summed E-state index contributed by atoms with van der Waals surface area (Å²) in [6.45, 7) is 1.46. The fourth-order valence-corrected chi connectivity index (χ4v) is 1.02. The number of non-ortho nitro benzene ring substituents is 1. The highest BCUT2D eigenvalue weighted by Gasteiger charge is 2.12. The monoisotopic (exact) mass is 210 g/mol. The van der Waals surface area contributed by atoms with Crippen molar-refractivity contribution in [1.82, 2.24) is 0 Å². The van der Waals surface area contributed by atoms with Crippen LogP contribution >= 0.6 is 0 Å². The molecule has 0 radical (unpaired) electrons. The van der Waals surface area contributed by atoms with Gasteiger partial charge in [0.25, 0.3) is 5.69 Å². The standard InChI is InChI=1S/C9H10N2O4/c1-6(9(12)13)10-7-3-2-4-8(5-7)11(14)15/h2-6,10H,1H3,(H,12,13). The van der Waals surface area contributed by atoms with Crippen molar-refractivity contribution in [2.45, 2.75) is 13.0 Å². The molecular weight excluding hydrogens is 200 g/mol. The van der Waals surface area contributed by atoms with Crippen molar-refractivity contribution in [2.75, 3.05) is 5.32 Å². The molecular formula is C9H10N2O4. The number of aliphatic carboxylic acids is 1. The Morgan fingerprint density at radius 3 is 2.80 bits per heavy atom. The summed E-state index contributed by atoms with van der Waals surface area (Å²) in [6.07, 6.45) is 0. The minimum atomic E-state index is -1.01. The fraction of sp³-hybridized carbons (Fsp3) is 0.222. The Morgan fingerprint density at radius 2 is 2.27 bits per heavy atom. The molecule has 0 saturated carbocycles. The highest BCUT2D eigenvalue weighted by molar-refractivity contribution is 5.76. The van der Waals surface area contributed by atoms with Crippen molar-refractivity contribution in [3.8, 4) is 0 Å². The van der Waals surface area contributed by atoms with Crippen molar-refractivity contribution in [2.24, 2.45) is 0 Å². The van der Waals surface area contributed by atoms with Crippen LogP contribution < -0.4 is 5.32 Å². The molecule has 0 aliphatic heterocycles. The predicted molar refractivity (Wildman–Crippen MR) is 53.8 cm³/mol. The maximum Gasteiger partial charge on any atom is 0.325 e. The average molecular weight is 210 g/mol. The molecule has 80 valence electrons. The highest BCUT2D eigenvalue weighted by atomic mass is 16.6. The smallest absolute Gasteiger partial charge is 0.325 e. The lowest BCUT2D eigenvalue weighted by atomic mass is 10.2. The van der Waals surface area contributed by atoms with Gasteiger partial charge in [-0.05, 0) is 13.0 Å². The molecule has 0 fully saturated rings. The number of hydrogen-bond donors (Lipinski definition) is 2. The van der Waals surface area contributed by atoms with E-state index < -0.39 is 16.9 Å². The van der Waals surface area contributed by atoms with Gasteiger partial charge in [0.1, 0.15) is 6.04 Å². The first-order valence-corrected chi connectivity index (χ1v) is 4.24. The molecule has 6 heteroatoms. The molecule has 2 N–H and O–H groups in total. The summed E-state index contributed by atoms with van der Waals surface area (Å²) in [5.74, 6) is -1.01. The Hall–Kier alpha value is -2.11. The number of carbonyl (C=O) groups is 1. The second-order valence-electron chi connectivity index (χ2n) is 3.01. The van der Waals surface area contributed by atoms with Crippen LogP contribution in [0.4, 0.5) is 11.4 Å². The lowest BCUT2D eigenvalue weighted by molar-refractivity contribution is -0.384. The van der Waals surface area contributed by atoms with Crippen molar-refractivity contribution in [3.63, 3.8) is 0 Å². The van der Waals surface area contributed by atoms with Crippen molar-refractivity contribution in [1.29, 1.82) is 0 Å². The van der Waals surface area contributed by atoms with Gasteiger partial charge >= 0.3 is 5.97 Å². The third-order valence-electron chi connectivity index (χ3n) is 1.81. The van der Waals surface area contributed by atoms with E-state index in [0.717, 1.165) is 0 Å². The normalized spacial score (nSPS) is 11.8. The number of nitro groups is 1. The zero-order valence-electron chi connectivity index (χ0n) is 8.01. The van der Waals surface area contributed by atoms with E-state index >= 15 is 0 Å². The number of carboxylic acids is 1. The van der Waals surface area contributed by atoms with E-state index in [2.05, 4.69) is 5.32 Å². The fourth-order valence-electron chi connectivity index (χ4n) is 1.02. The van der Waals surface area contributed by atoms with Gasteiger partial charge in [0.05, 0.1) is 4.92 Å². The number of nitro benzene ring substituents is 1. The largest absolute Gasteiger partial charge is 0.480 e. The van der Waals surface area contributed by atoms with E-state index in [0.29, 0.717) is 5.69 Å². The maximum absolute atomic E-state index is 10.5. The van der Waals surface area contributed by atoms with Gasteiger partial charge in [-0.3, -0.25) is 14.9 Å². The zero-order chi connectivity index (χ0) is 11.4. The molecule has 0 amide bonds. The van der Waals surface area contributed by atoms with E-state index in [1.165, 1.54) is 25.1 Å². The highest BCUT2D eigenvalue weighted by Crippen LogP contribution is 2.17. The molecule has 1 aromatic rings. The quantitative estimate of drug-likeness (QED) is 0.580. The minimum Gasteiger partial charge on any atom is -0.480 e. The summed E-state index contributed by atoms with van der Waals surface area (Å²) in [7, 11) is 0. The maximum atomic E-state index is 10.5. The molecule has 15 heavy (non-hydrogen) atoms. The molecule has 0 spiro atoms. The third kappa shape index (κ3) is 2.94. The molecule has 0 bridgehead atoms. The molecule has 1 aromatic carbocycles. The number of nitrogens with zero attached hydrogens (tertiary/aromatic N) is 1. The van der Waals surface area contributed by atoms with Crippen LogP contribution in [-0.4, -0.2) is 22.0 Å². The summed E-state index contributed by atoms with van der Waals surface area (Å²) in [4.78, 5) is 20.4. The Morgan fingerprint density at radius 1 is 1.60 bits per heavy atom. The lowest BCUT2D eigenvalue weighted by Crippen LogP contribution is -2.25. The summed E-state index contributed by atoms with van der Waals surface area (Å²) in [5.41, 5.74) is 0.344. The van der Waals surface area contributed by atoms with Crippen molar-refractivity contribution in [3.05, 3.63) is 34.4 Å². The molecule has 0 heterocycles. The van der Waals surface area contributed by atoms with Gasteiger partial charge in [0.2, 0.25) is 0 Å². The summed E-state index contributed by atoms with van der Waals surface area (Å²) < 4.78 is 0. The molecule has 1 rings (SSSR count). The summed E-state index contributed by atoms with van der Waals surface area (Å²) in [6, 6.07) is 4.92.